The summed E-state index contributed by atoms with van der Waals surface area (Å²) in [6, 6.07) is 14.1. The Balaban J connectivity index is 1.84. The van der Waals surface area contributed by atoms with Crippen molar-refractivity contribution in [2.75, 3.05) is 7.11 Å². The van der Waals surface area contributed by atoms with E-state index >= 15 is 0 Å². The first-order valence-corrected chi connectivity index (χ1v) is 9.64. The molecule has 0 aliphatic carbocycles. The summed E-state index contributed by atoms with van der Waals surface area (Å²) in [4.78, 5) is 18.5. The first kappa shape index (κ1) is 17.5. The normalized spacial score (nSPS) is 11.1. The molecule has 5 heteroatoms. The van der Waals surface area contributed by atoms with Gasteiger partial charge in [-0.3, -0.25) is 4.79 Å². The number of aryl methyl sites for hydroxylation is 2. The molecule has 3 aromatic heterocycles. The number of hydrogen-bond donors (Lipinski definition) is 0. The minimum absolute atomic E-state index is 0.0403. The van der Waals surface area contributed by atoms with Crippen molar-refractivity contribution in [1.29, 1.82) is 0 Å². The Morgan fingerprint density at radius 3 is 2.56 bits per heavy atom. The molecule has 3 heterocycles. The van der Waals surface area contributed by atoms with Crippen LogP contribution in [0.5, 0.6) is 5.75 Å². The Labute approximate surface area is 162 Å². The number of pyridine rings is 1. The lowest BCUT2D eigenvalue weighted by Crippen LogP contribution is -2.07. The van der Waals surface area contributed by atoms with Gasteiger partial charge in [0.1, 0.15) is 16.3 Å². The molecule has 0 fully saturated rings. The number of Topliss-reactive ketones (excluding diaryl/α,β-unsaturated/α-hetero) is 1. The van der Waals surface area contributed by atoms with Crippen molar-refractivity contribution in [2.45, 2.75) is 20.3 Å². The van der Waals surface area contributed by atoms with Gasteiger partial charge in [-0.1, -0.05) is 35.9 Å². The number of imidazole rings is 1. The van der Waals surface area contributed by atoms with Gasteiger partial charge in [0.2, 0.25) is 0 Å². The van der Waals surface area contributed by atoms with Crippen LogP contribution in [-0.2, 0) is 6.42 Å². The minimum atomic E-state index is 0.0403. The molecule has 27 heavy (non-hydrogen) atoms. The lowest BCUT2D eigenvalue weighted by Gasteiger charge is -2.07. The molecule has 0 aliphatic rings. The van der Waals surface area contributed by atoms with Crippen LogP contribution in [-0.4, -0.2) is 22.3 Å². The van der Waals surface area contributed by atoms with Gasteiger partial charge in [0.05, 0.1) is 24.9 Å². The van der Waals surface area contributed by atoms with Gasteiger partial charge in [-0.2, -0.15) is 0 Å². The molecule has 0 radical (unpaired) electrons. The largest absolute Gasteiger partial charge is 0.495 e. The highest BCUT2D eigenvalue weighted by atomic mass is 32.1. The Morgan fingerprint density at radius 2 is 1.81 bits per heavy atom. The van der Waals surface area contributed by atoms with Crippen LogP contribution in [0.4, 0.5) is 0 Å². The first-order chi connectivity index (χ1) is 13.1. The van der Waals surface area contributed by atoms with Crippen molar-refractivity contribution in [3.63, 3.8) is 0 Å². The zero-order valence-electron chi connectivity index (χ0n) is 15.5. The van der Waals surface area contributed by atoms with E-state index < -0.39 is 0 Å². The first-order valence-electron chi connectivity index (χ1n) is 8.76. The van der Waals surface area contributed by atoms with Crippen molar-refractivity contribution in [3.8, 4) is 17.0 Å². The molecule has 1 aromatic carbocycles. The quantitative estimate of drug-likeness (QED) is 0.454. The van der Waals surface area contributed by atoms with E-state index in [0.717, 1.165) is 28.2 Å². The number of methoxy groups -OCH3 is 1. The maximum Gasteiger partial charge on any atom is 0.182 e. The van der Waals surface area contributed by atoms with Crippen LogP contribution in [0.25, 0.3) is 16.9 Å². The maximum atomic E-state index is 13.0. The Hall–Kier alpha value is -2.92. The highest BCUT2D eigenvalue weighted by Crippen LogP contribution is 2.30. The van der Waals surface area contributed by atoms with E-state index in [4.69, 9.17) is 9.72 Å². The molecule has 0 unspecified atom stereocenters. The highest BCUT2D eigenvalue weighted by Gasteiger charge is 2.21. The van der Waals surface area contributed by atoms with E-state index in [9.17, 15) is 4.79 Å². The van der Waals surface area contributed by atoms with Crippen molar-refractivity contribution in [3.05, 3.63) is 75.7 Å². The zero-order chi connectivity index (χ0) is 19.0. The number of hydrogen-bond acceptors (Lipinski definition) is 4. The van der Waals surface area contributed by atoms with Crippen LogP contribution < -0.4 is 4.74 Å². The van der Waals surface area contributed by atoms with E-state index in [2.05, 4.69) is 31.2 Å². The summed E-state index contributed by atoms with van der Waals surface area (Å²) in [6.07, 6.45) is 2.30. The van der Waals surface area contributed by atoms with Gasteiger partial charge in [0.15, 0.2) is 5.78 Å². The lowest BCUT2D eigenvalue weighted by atomic mass is 10.0. The second-order valence-electron chi connectivity index (χ2n) is 6.63. The summed E-state index contributed by atoms with van der Waals surface area (Å²) < 4.78 is 7.36. The van der Waals surface area contributed by atoms with E-state index in [1.54, 1.807) is 7.11 Å². The number of nitrogens with zero attached hydrogens (tertiary/aromatic N) is 2. The molecular formula is C22H20N2O2S. The molecule has 0 spiro atoms. The Bertz CT molecular complexity index is 1120. The fraction of sp³-hybridized carbons (Fsp3) is 0.182. The Kier molecular flexibility index (Phi) is 4.54. The van der Waals surface area contributed by atoms with Crippen LogP contribution in [0, 0.1) is 13.8 Å². The topological polar surface area (TPSA) is 43.6 Å². The number of ether oxygens (including phenoxy) is 1. The van der Waals surface area contributed by atoms with Gasteiger partial charge in [0.25, 0.3) is 0 Å². The molecule has 0 aliphatic heterocycles. The van der Waals surface area contributed by atoms with E-state index in [-0.39, 0.29) is 12.2 Å². The smallest absolute Gasteiger partial charge is 0.182 e. The number of thiophene rings is 1. The average molecular weight is 376 g/mol. The molecular weight excluding hydrogens is 356 g/mol. The summed E-state index contributed by atoms with van der Waals surface area (Å²) >= 11 is 1.41. The third kappa shape index (κ3) is 3.26. The fourth-order valence-corrected chi connectivity index (χ4v) is 4.00. The van der Waals surface area contributed by atoms with Crippen LogP contribution >= 0.6 is 11.3 Å². The number of carbonyl (C=O) groups excluding carboxylic acids is 1. The SMILES string of the molecule is COc1ccsc1C(=O)Cc1c(-c2ccc(C)cc2)nc2ccc(C)cn12. The van der Waals surface area contributed by atoms with Crippen LogP contribution in [0.2, 0.25) is 0 Å². The zero-order valence-corrected chi connectivity index (χ0v) is 16.3. The molecule has 0 N–H and O–H groups in total. The number of aromatic nitrogens is 2. The third-order valence-electron chi connectivity index (χ3n) is 4.62. The maximum absolute atomic E-state index is 13.0. The summed E-state index contributed by atoms with van der Waals surface area (Å²) in [6.45, 7) is 4.10. The number of rotatable bonds is 5. The third-order valence-corrected chi connectivity index (χ3v) is 5.56. The predicted octanol–water partition coefficient (Wildman–Crippen LogP) is 5.11. The van der Waals surface area contributed by atoms with Crippen molar-refractivity contribution >= 4 is 22.8 Å². The number of fused-ring (bicyclic) bond motifs is 1. The standard InChI is InChI=1S/C22H20N2O2S/c1-14-4-7-16(8-5-14)21-17(24-13-15(2)6-9-20(24)23-21)12-18(25)22-19(26-3)10-11-27-22/h4-11,13H,12H2,1-3H3. The van der Waals surface area contributed by atoms with Gasteiger partial charge in [-0.25, -0.2) is 4.98 Å². The molecule has 0 bridgehead atoms. The van der Waals surface area contributed by atoms with Gasteiger partial charge in [-0.15, -0.1) is 11.3 Å². The molecule has 0 atom stereocenters. The summed E-state index contributed by atoms with van der Waals surface area (Å²) in [5.41, 5.74) is 5.93. The summed E-state index contributed by atoms with van der Waals surface area (Å²) in [5.74, 6) is 0.672. The fourth-order valence-electron chi connectivity index (χ4n) is 3.20. The van der Waals surface area contributed by atoms with Gasteiger partial charge < -0.3 is 9.14 Å². The molecule has 4 rings (SSSR count). The highest BCUT2D eigenvalue weighted by molar-refractivity contribution is 7.12. The van der Waals surface area contributed by atoms with Crippen LogP contribution in [0.3, 0.4) is 0 Å². The van der Waals surface area contributed by atoms with Crippen molar-refractivity contribution in [2.24, 2.45) is 0 Å². The molecule has 0 saturated carbocycles. The predicted molar refractivity (Wildman–Crippen MR) is 109 cm³/mol. The molecule has 4 nitrogen and oxygen atoms in total. The molecule has 0 saturated heterocycles. The van der Waals surface area contributed by atoms with Crippen LogP contribution in [0.15, 0.2) is 54.0 Å². The second-order valence-corrected chi connectivity index (χ2v) is 7.54. The van der Waals surface area contributed by atoms with Crippen molar-refractivity contribution < 1.29 is 9.53 Å². The number of ketones is 1. The Morgan fingerprint density at radius 1 is 1.07 bits per heavy atom. The van der Waals surface area contributed by atoms with Crippen LogP contribution in [0.1, 0.15) is 26.5 Å². The van der Waals surface area contributed by atoms with E-state index in [1.165, 1.54) is 16.9 Å². The van der Waals surface area contributed by atoms with Gasteiger partial charge >= 0.3 is 0 Å². The van der Waals surface area contributed by atoms with Gasteiger partial charge in [0, 0.05) is 11.8 Å². The van der Waals surface area contributed by atoms with E-state index in [1.807, 2.05) is 41.1 Å². The lowest BCUT2D eigenvalue weighted by molar-refractivity contribution is 0.0993. The van der Waals surface area contributed by atoms with Gasteiger partial charge in [-0.05, 0) is 36.9 Å². The molecule has 4 aromatic rings. The number of benzene rings is 1. The van der Waals surface area contributed by atoms with E-state index in [0.29, 0.717) is 10.6 Å². The average Bonchev–Trinajstić information content (AvgIpc) is 3.27. The monoisotopic (exact) mass is 376 g/mol. The second kappa shape index (κ2) is 7.00. The number of carbonyl (C=O) groups is 1. The summed E-state index contributed by atoms with van der Waals surface area (Å²) in [7, 11) is 1.59. The molecule has 136 valence electrons. The minimum Gasteiger partial charge on any atom is -0.495 e. The molecule has 0 amide bonds. The van der Waals surface area contributed by atoms with Crippen molar-refractivity contribution in [1.82, 2.24) is 9.38 Å². The summed E-state index contributed by atoms with van der Waals surface area (Å²) in [5, 5.41) is 1.88.